The predicted molar refractivity (Wildman–Crippen MR) is 76.5 cm³/mol. The Morgan fingerprint density at radius 1 is 1.32 bits per heavy atom. The van der Waals surface area contributed by atoms with E-state index < -0.39 is 10.0 Å². The molecule has 104 valence electrons. The van der Waals surface area contributed by atoms with Gasteiger partial charge in [-0.1, -0.05) is 40.5 Å². The number of alkyl halides is 1. The zero-order valence-electron chi connectivity index (χ0n) is 10.8. The molecule has 0 aromatic heterocycles. The molecule has 1 aromatic rings. The van der Waals surface area contributed by atoms with Crippen LogP contribution in [0.2, 0.25) is 0 Å². The van der Waals surface area contributed by atoms with Crippen molar-refractivity contribution < 1.29 is 13.2 Å². The third kappa shape index (κ3) is 2.56. The van der Waals surface area contributed by atoms with Gasteiger partial charge >= 0.3 is 0 Å². The maximum atomic E-state index is 12.5. The van der Waals surface area contributed by atoms with Gasteiger partial charge in [0, 0.05) is 17.8 Å². The van der Waals surface area contributed by atoms with E-state index in [-0.39, 0.29) is 29.2 Å². The average molecular weight is 346 g/mol. The zero-order chi connectivity index (χ0) is 14.2. The standard InChI is InChI=1S/C13H16BrNO3S/c1-9-3-5-12(6-4-9)19(17,18)15-8-11(7-14)10(2)13(15)16/h3-6,10-11H,7-8H2,1-2H3/t10-,11+/m0/s1. The molecule has 6 heteroatoms. The first-order valence-electron chi connectivity index (χ1n) is 6.07. The lowest BCUT2D eigenvalue weighted by Gasteiger charge is -2.17. The van der Waals surface area contributed by atoms with Crippen LogP contribution in [0.3, 0.4) is 0 Å². The van der Waals surface area contributed by atoms with Gasteiger partial charge in [-0.2, -0.15) is 0 Å². The van der Waals surface area contributed by atoms with Crippen LogP contribution in [0.5, 0.6) is 0 Å². The second kappa shape index (κ2) is 5.25. The molecule has 19 heavy (non-hydrogen) atoms. The van der Waals surface area contributed by atoms with Gasteiger partial charge < -0.3 is 0 Å². The Balaban J connectivity index is 2.36. The molecule has 2 atom stereocenters. The van der Waals surface area contributed by atoms with Crippen molar-refractivity contribution in [1.82, 2.24) is 4.31 Å². The summed E-state index contributed by atoms with van der Waals surface area (Å²) in [6.45, 7) is 3.92. The highest BCUT2D eigenvalue weighted by Crippen LogP contribution is 2.30. The van der Waals surface area contributed by atoms with Gasteiger partial charge in [0.15, 0.2) is 0 Å². The van der Waals surface area contributed by atoms with Gasteiger partial charge in [0.1, 0.15) is 0 Å². The summed E-state index contributed by atoms with van der Waals surface area (Å²) >= 11 is 3.33. The molecule has 1 saturated heterocycles. The van der Waals surface area contributed by atoms with Crippen molar-refractivity contribution >= 4 is 31.9 Å². The monoisotopic (exact) mass is 345 g/mol. The third-order valence-corrected chi connectivity index (χ3v) is 6.16. The molecule has 1 heterocycles. The first-order chi connectivity index (χ1) is 8.87. The number of hydrogen-bond donors (Lipinski definition) is 0. The summed E-state index contributed by atoms with van der Waals surface area (Å²) in [4.78, 5) is 12.3. The van der Waals surface area contributed by atoms with Crippen molar-refractivity contribution in [2.45, 2.75) is 18.7 Å². The molecule has 1 fully saturated rings. The molecule has 1 amide bonds. The van der Waals surface area contributed by atoms with Gasteiger partial charge in [0.05, 0.1) is 4.90 Å². The van der Waals surface area contributed by atoms with E-state index in [1.165, 1.54) is 0 Å². The number of amides is 1. The quantitative estimate of drug-likeness (QED) is 0.789. The maximum Gasteiger partial charge on any atom is 0.266 e. The van der Waals surface area contributed by atoms with Gasteiger partial charge in [-0.25, -0.2) is 12.7 Å². The van der Waals surface area contributed by atoms with Crippen LogP contribution in [0.1, 0.15) is 12.5 Å². The van der Waals surface area contributed by atoms with Gasteiger partial charge in [-0.3, -0.25) is 4.79 Å². The van der Waals surface area contributed by atoms with Crippen molar-refractivity contribution in [2.24, 2.45) is 11.8 Å². The molecular weight excluding hydrogens is 330 g/mol. The number of hydrogen-bond acceptors (Lipinski definition) is 3. The SMILES string of the molecule is Cc1ccc(S(=O)(=O)N2C[C@@H](CBr)[C@H](C)C2=O)cc1. The number of benzene rings is 1. The summed E-state index contributed by atoms with van der Waals surface area (Å²) in [6, 6.07) is 6.56. The lowest BCUT2D eigenvalue weighted by Crippen LogP contribution is -2.33. The van der Waals surface area contributed by atoms with Crippen molar-refractivity contribution in [3.63, 3.8) is 0 Å². The Bertz CT molecular complexity index is 582. The third-order valence-electron chi connectivity index (χ3n) is 3.55. The zero-order valence-corrected chi connectivity index (χ0v) is 13.2. The Morgan fingerprint density at radius 3 is 2.37 bits per heavy atom. The summed E-state index contributed by atoms with van der Waals surface area (Å²) in [5.41, 5.74) is 0.985. The Morgan fingerprint density at radius 2 is 1.89 bits per heavy atom. The highest BCUT2D eigenvalue weighted by Gasteiger charge is 2.43. The maximum absolute atomic E-state index is 12.5. The van der Waals surface area contributed by atoms with E-state index in [1.54, 1.807) is 31.2 Å². The van der Waals surface area contributed by atoms with E-state index >= 15 is 0 Å². The molecule has 4 nitrogen and oxygen atoms in total. The molecular formula is C13H16BrNO3S. The number of rotatable bonds is 3. The van der Waals surface area contributed by atoms with Crippen LogP contribution in [0, 0.1) is 18.8 Å². The van der Waals surface area contributed by atoms with Gasteiger partial charge in [-0.15, -0.1) is 0 Å². The minimum Gasteiger partial charge on any atom is -0.273 e. The van der Waals surface area contributed by atoms with Crippen LogP contribution in [-0.4, -0.2) is 30.5 Å². The van der Waals surface area contributed by atoms with Crippen molar-refractivity contribution in [3.8, 4) is 0 Å². The van der Waals surface area contributed by atoms with E-state index in [1.807, 2.05) is 6.92 Å². The van der Waals surface area contributed by atoms with Crippen LogP contribution in [0.15, 0.2) is 29.2 Å². The second-order valence-corrected chi connectivity index (χ2v) is 7.40. The Hall–Kier alpha value is -0.880. The summed E-state index contributed by atoms with van der Waals surface area (Å²) in [6.07, 6.45) is 0. The number of aryl methyl sites for hydroxylation is 1. The highest BCUT2D eigenvalue weighted by atomic mass is 79.9. The molecule has 0 bridgehead atoms. The number of carbonyl (C=O) groups is 1. The van der Waals surface area contributed by atoms with Gasteiger partial charge in [-0.05, 0) is 25.0 Å². The highest BCUT2D eigenvalue weighted by molar-refractivity contribution is 9.09. The summed E-state index contributed by atoms with van der Waals surface area (Å²) in [7, 11) is -3.72. The first-order valence-corrected chi connectivity index (χ1v) is 8.63. The molecule has 2 rings (SSSR count). The van der Waals surface area contributed by atoms with Crippen LogP contribution < -0.4 is 0 Å². The van der Waals surface area contributed by atoms with E-state index in [9.17, 15) is 13.2 Å². The molecule has 0 spiro atoms. The summed E-state index contributed by atoms with van der Waals surface area (Å²) < 4.78 is 25.9. The number of sulfonamides is 1. The molecule has 0 radical (unpaired) electrons. The summed E-state index contributed by atoms with van der Waals surface area (Å²) in [5.74, 6) is -0.544. The molecule has 0 saturated carbocycles. The average Bonchev–Trinajstić information content (AvgIpc) is 2.67. The van der Waals surface area contributed by atoms with Crippen molar-refractivity contribution in [1.29, 1.82) is 0 Å². The van der Waals surface area contributed by atoms with E-state index in [0.717, 1.165) is 9.87 Å². The van der Waals surface area contributed by atoms with Gasteiger partial charge in [0.2, 0.25) is 5.91 Å². The number of halogens is 1. The van der Waals surface area contributed by atoms with Crippen LogP contribution in [0.25, 0.3) is 0 Å². The lowest BCUT2D eigenvalue weighted by molar-refractivity contribution is -0.126. The minimum absolute atomic E-state index is 0.0349. The normalized spacial score (nSPS) is 23.9. The Kier molecular flexibility index (Phi) is 4.01. The lowest BCUT2D eigenvalue weighted by atomic mass is 10.0. The molecule has 0 aliphatic carbocycles. The van der Waals surface area contributed by atoms with Crippen LogP contribution in [0.4, 0.5) is 0 Å². The molecule has 1 aliphatic heterocycles. The van der Waals surface area contributed by atoms with E-state index in [2.05, 4.69) is 15.9 Å². The Labute approximate surface area is 122 Å². The molecule has 0 unspecified atom stereocenters. The predicted octanol–water partition coefficient (Wildman–Crippen LogP) is 2.17. The van der Waals surface area contributed by atoms with E-state index in [0.29, 0.717) is 5.33 Å². The molecule has 0 N–H and O–H groups in total. The second-order valence-electron chi connectivity index (χ2n) is 4.89. The number of nitrogens with zero attached hydrogens (tertiary/aromatic N) is 1. The summed E-state index contributed by atoms with van der Waals surface area (Å²) in [5, 5.41) is 0.625. The fourth-order valence-corrected chi connectivity index (χ4v) is 4.42. The minimum atomic E-state index is -3.72. The smallest absolute Gasteiger partial charge is 0.266 e. The molecule has 1 aliphatic rings. The topological polar surface area (TPSA) is 54.5 Å². The van der Waals surface area contributed by atoms with E-state index in [4.69, 9.17) is 0 Å². The fourth-order valence-electron chi connectivity index (χ4n) is 2.13. The van der Waals surface area contributed by atoms with Crippen molar-refractivity contribution in [3.05, 3.63) is 29.8 Å². The first kappa shape index (κ1) is 14.5. The van der Waals surface area contributed by atoms with Gasteiger partial charge in [0.25, 0.3) is 10.0 Å². The van der Waals surface area contributed by atoms with Crippen LogP contribution >= 0.6 is 15.9 Å². The van der Waals surface area contributed by atoms with Crippen LogP contribution in [-0.2, 0) is 14.8 Å². The number of carbonyl (C=O) groups excluding carboxylic acids is 1. The fraction of sp³-hybridized carbons (Fsp3) is 0.462. The molecule has 1 aromatic carbocycles. The largest absolute Gasteiger partial charge is 0.273 e. The van der Waals surface area contributed by atoms with Crippen molar-refractivity contribution in [2.75, 3.05) is 11.9 Å².